The van der Waals surface area contributed by atoms with Gasteiger partial charge < -0.3 is 20.4 Å². The Morgan fingerprint density at radius 2 is 1.81 bits per heavy atom. The van der Waals surface area contributed by atoms with Crippen molar-refractivity contribution >= 4 is 5.91 Å². The van der Waals surface area contributed by atoms with Crippen LogP contribution in [-0.4, -0.2) is 58.1 Å². The summed E-state index contributed by atoms with van der Waals surface area (Å²) in [7, 11) is 0. The molecular weight excluding hydrogens is 390 g/mol. The minimum Gasteiger partial charge on any atom is -0.504 e. The number of hydrogen-bond acceptors (Lipinski definition) is 5. The van der Waals surface area contributed by atoms with Gasteiger partial charge in [0.15, 0.2) is 11.5 Å². The highest BCUT2D eigenvalue weighted by Gasteiger charge is 2.31. The number of amides is 1. The molecule has 0 aromatic heterocycles. The number of hydrogen-bond donors (Lipinski definition) is 3. The molecule has 6 nitrogen and oxygen atoms in total. The minimum absolute atomic E-state index is 0.0436. The van der Waals surface area contributed by atoms with Crippen molar-refractivity contribution in [2.24, 2.45) is 0 Å². The summed E-state index contributed by atoms with van der Waals surface area (Å²) >= 11 is 0. The first-order chi connectivity index (χ1) is 15.1. The lowest BCUT2D eigenvalue weighted by Gasteiger charge is -2.25. The lowest BCUT2D eigenvalue weighted by atomic mass is 10.0. The van der Waals surface area contributed by atoms with Gasteiger partial charge in [-0.2, -0.15) is 0 Å². The van der Waals surface area contributed by atoms with E-state index in [-0.39, 0.29) is 23.4 Å². The van der Waals surface area contributed by atoms with Crippen molar-refractivity contribution in [2.45, 2.75) is 51.2 Å². The van der Waals surface area contributed by atoms with Crippen LogP contribution in [0.15, 0.2) is 42.5 Å². The summed E-state index contributed by atoms with van der Waals surface area (Å²) in [5, 5.41) is 22.9. The molecule has 2 fully saturated rings. The van der Waals surface area contributed by atoms with Gasteiger partial charge in [-0.15, -0.1) is 0 Å². The molecule has 0 saturated carbocycles. The number of nitrogens with zero attached hydrogens (tertiary/aromatic N) is 2. The fourth-order valence-electron chi connectivity index (χ4n) is 4.96. The Labute approximate surface area is 184 Å². The number of carbonyl (C=O) groups is 1. The number of phenolic OH excluding ortho intramolecular Hbond substituents is 2. The second kappa shape index (κ2) is 9.71. The molecule has 2 atom stereocenters. The van der Waals surface area contributed by atoms with Crippen molar-refractivity contribution in [2.75, 3.05) is 26.2 Å². The maximum absolute atomic E-state index is 13.0. The minimum atomic E-state index is -0.266. The lowest BCUT2D eigenvalue weighted by Crippen LogP contribution is -2.37. The first kappa shape index (κ1) is 21.7. The van der Waals surface area contributed by atoms with Crippen LogP contribution in [0.3, 0.4) is 0 Å². The summed E-state index contributed by atoms with van der Waals surface area (Å²) in [5.74, 6) is -0.590. The van der Waals surface area contributed by atoms with Crippen molar-refractivity contribution in [1.29, 1.82) is 0 Å². The molecule has 3 N–H and O–H groups in total. The number of aromatic hydroxyl groups is 2. The Balaban J connectivity index is 1.36. The molecule has 2 unspecified atom stereocenters. The van der Waals surface area contributed by atoms with E-state index in [0.29, 0.717) is 18.2 Å². The first-order valence-corrected chi connectivity index (χ1v) is 11.4. The molecule has 0 aliphatic carbocycles. The Morgan fingerprint density at radius 1 is 1.03 bits per heavy atom. The zero-order valence-corrected chi connectivity index (χ0v) is 18.3. The number of nitrogens with one attached hydrogen (secondary N) is 1. The normalized spacial score (nSPS) is 21.6. The van der Waals surface area contributed by atoms with E-state index in [4.69, 9.17) is 0 Å². The van der Waals surface area contributed by atoms with E-state index in [9.17, 15) is 15.0 Å². The van der Waals surface area contributed by atoms with Gasteiger partial charge in [0, 0.05) is 31.2 Å². The van der Waals surface area contributed by atoms with Crippen molar-refractivity contribution < 1.29 is 15.0 Å². The van der Waals surface area contributed by atoms with E-state index in [2.05, 4.69) is 41.4 Å². The molecule has 31 heavy (non-hydrogen) atoms. The number of likely N-dealkylation sites (tertiary alicyclic amines) is 2. The molecule has 2 aliphatic rings. The number of likely N-dealkylation sites (N-methyl/N-ethyl adjacent to an activating group) is 1. The van der Waals surface area contributed by atoms with Gasteiger partial charge in [0.25, 0.3) is 5.91 Å². The fraction of sp³-hybridized carbons (Fsp3) is 0.480. The van der Waals surface area contributed by atoms with Crippen LogP contribution in [0.4, 0.5) is 0 Å². The Hall–Kier alpha value is -2.57. The predicted octanol–water partition coefficient (Wildman–Crippen LogP) is 3.65. The Bertz CT molecular complexity index is 899. The van der Waals surface area contributed by atoms with Crippen molar-refractivity contribution in [3.8, 4) is 11.5 Å². The van der Waals surface area contributed by atoms with E-state index in [1.54, 1.807) is 6.07 Å². The zero-order chi connectivity index (χ0) is 21.8. The maximum atomic E-state index is 13.0. The molecule has 2 heterocycles. The van der Waals surface area contributed by atoms with Crippen LogP contribution >= 0.6 is 0 Å². The summed E-state index contributed by atoms with van der Waals surface area (Å²) < 4.78 is 0. The lowest BCUT2D eigenvalue weighted by molar-refractivity contribution is 0.0735. The summed E-state index contributed by atoms with van der Waals surface area (Å²) in [6.07, 6.45) is 4.47. The molecule has 2 aromatic rings. The molecule has 1 amide bonds. The van der Waals surface area contributed by atoms with Gasteiger partial charge in [0.2, 0.25) is 0 Å². The van der Waals surface area contributed by atoms with Crippen LogP contribution in [0.1, 0.15) is 60.1 Å². The van der Waals surface area contributed by atoms with Gasteiger partial charge >= 0.3 is 0 Å². The highest BCUT2D eigenvalue weighted by molar-refractivity contribution is 5.95. The Kier molecular flexibility index (Phi) is 6.78. The molecular formula is C25H33N3O3. The molecule has 0 radical (unpaired) electrons. The van der Waals surface area contributed by atoms with Crippen LogP contribution in [0, 0.1) is 0 Å². The first-order valence-electron chi connectivity index (χ1n) is 11.4. The molecule has 2 aliphatic heterocycles. The third-order valence-electron chi connectivity index (χ3n) is 6.71. The van der Waals surface area contributed by atoms with Crippen LogP contribution in [0.2, 0.25) is 0 Å². The third kappa shape index (κ3) is 4.86. The molecule has 4 rings (SSSR count). The van der Waals surface area contributed by atoms with Gasteiger partial charge in [-0.05, 0) is 68.1 Å². The van der Waals surface area contributed by atoms with Crippen LogP contribution < -0.4 is 5.32 Å². The van der Waals surface area contributed by atoms with Gasteiger partial charge in [-0.3, -0.25) is 9.69 Å². The molecule has 166 valence electrons. The fourth-order valence-corrected chi connectivity index (χ4v) is 4.96. The predicted molar refractivity (Wildman–Crippen MR) is 121 cm³/mol. The average Bonchev–Trinajstić information content (AvgIpc) is 3.45. The summed E-state index contributed by atoms with van der Waals surface area (Å²) in [6, 6.07) is 13.5. The molecule has 2 saturated heterocycles. The number of rotatable bonds is 7. The van der Waals surface area contributed by atoms with Gasteiger partial charge in [-0.25, -0.2) is 0 Å². The summed E-state index contributed by atoms with van der Waals surface area (Å²) in [6.45, 7) is 7.16. The SMILES string of the molecule is CCN1CCCC1CNCc1ccc(C2CCCN2C(=O)c2ccc(O)c(O)c2)cc1. The molecule has 0 bridgehead atoms. The topological polar surface area (TPSA) is 76.0 Å². The van der Waals surface area contributed by atoms with E-state index >= 15 is 0 Å². The monoisotopic (exact) mass is 423 g/mol. The summed E-state index contributed by atoms with van der Waals surface area (Å²) in [5.41, 5.74) is 2.80. The van der Waals surface area contributed by atoms with Crippen molar-refractivity contribution in [3.63, 3.8) is 0 Å². The second-order valence-electron chi connectivity index (χ2n) is 8.66. The largest absolute Gasteiger partial charge is 0.504 e. The van der Waals surface area contributed by atoms with Crippen LogP contribution in [0.5, 0.6) is 11.5 Å². The van der Waals surface area contributed by atoms with Gasteiger partial charge in [-0.1, -0.05) is 31.2 Å². The van der Waals surface area contributed by atoms with Crippen molar-refractivity contribution in [3.05, 3.63) is 59.2 Å². The number of carbonyl (C=O) groups excluding carboxylic acids is 1. The molecule has 6 heteroatoms. The van der Waals surface area contributed by atoms with Gasteiger partial charge in [0.1, 0.15) is 0 Å². The second-order valence-corrected chi connectivity index (χ2v) is 8.66. The maximum Gasteiger partial charge on any atom is 0.254 e. The molecule has 0 spiro atoms. The highest BCUT2D eigenvalue weighted by atomic mass is 16.3. The van der Waals surface area contributed by atoms with Gasteiger partial charge in [0.05, 0.1) is 6.04 Å². The standard InChI is InChI=1S/C25H33N3O3/c1-2-27-13-3-5-21(27)17-26-16-18-7-9-19(10-8-18)22-6-4-14-28(22)25(31)20-11-12-23(29)24(30)15-20/h7-12,15,21-22,26,29-30H,2-6,13-14,16-17H2,1H3. The number of benzene rings is 2. The van der Waals surface area contributed by atoms with Crippen LogP contribution in [0.25, 0.3) is 0 Å². The van der Waals surface area contributed by atoms with E-state index in [0.717, 1.165) is 38.0 Å². The van der Waals surface area contributed by atoms with Crippen LogP contribution in [-0.2, 0) is 6.54 Å². The third-order valence-corrected chi connectivity index (χ3v) is 6.71. The zero-order valence-electron chi connectivity index (χ0n) is 18.3. The number of phenols is 2. The average molecular weight is 424 g/mol. The summed E-state index contributed by atoms with van der Waals surface area (Å²) in [4.78, 5) is 17.4. The highest BCUT2D eigenvalue weighted by Crippen LogP contribution is 2.34. The van der Waals surface area contributed by atoms with E-state index in [1.807, 2.05) is 4.90 Å². The molecule has 2 aromatic carbocycles. The smallest absolute Gasteiger partial charge is 0.254 e. The quantitative estimate of drug-likeness (QED) is 0.593. The van der Waals surface area contributed by atoms with E-state index in [1.165, 1.54) is 37.1 Å². The van der Waals surface area contributed by atoms with E-state index < -0.39 is 0 Å². The van der Waals surface area contributed by atoms with Crippen molar-refractivity contribution in [1.82, 2.24) is 15.1 Å². The Morgan fingerprint density at radius 3 is 2.55 bits per heavy atom.